The van der Waals surface area contributed by atoms with Gasteiger partial charge < -0.3 is 9.15 Å². The van der Waals surface area contributed by atoms with E-state index in [9.17, 15) is 4.79 Å². The monoisotopic (exact) mass is 378 g/mol. The molecule has 0 unspecified atom stereocenters. The lowest BCUT2D eigenvalue weighted by molar-refractivity contribution is 0.0467. The van der Waals surface area contributed by atoms with Crippen molar-refractivity contribution in [3.05, 3.63) is 82.8 Å². The SMILES string of the molecule is Cc1oc(-c2ccccc2)nc1COC(=O)c1ccc2nc(Cl)ccc2c1. The van der Waals surface area contributed by atoms with E-state index in [2.05, 4.69) is 9.97 Å². The van der Waals surface area contributed by atoms with Crippen LogP contribution in [0.1, 0.15) is 21.8 Å². The first-order valence-electron chi connectivity index (χ1n) is 8.35. The predicted octanol–water partition coefficient (Wildman–Crippen LogP) is 5.21. The van der Waals surface area contributed by atoms with Gasteiger partial charge >= 0.3 is 5.97 Å². The summed E-state index contributed by atoms with van der Waals surface area (Å²) in [6, 6.07) is 18.2. The number of oxazole rings is 1. The van der Waals surface area contributed by atoms with Crippen molar-refractivity contribution in [3.63, 3.8) is 0 Å². The Labute approximate surface area is 160 Å². The van der Waals surface area contributed by atoms with Crippen molar-refractivity contribution in [2.45, 2.75) is 13.5 Å². The van der Waals surface area contributed by atoms with Gasteiger partial charge in [0, 0.05) is 10.9 Å². The Morgan fingerprint density at radius 3 is 2.70 bits per heavy atom. The second-order valence-electron chi connectivity index (χ2n) is 6.01. The molecule has 0 spiro atoms. The standard InChI is InChI=1S/C21H15ClN2O3/c1-13-18(24-20(27-13)14-5-3-2-4-6-14)12-26-21(25)16-7-9-17-15(11-16)8-10-19(22)23-17/h2-11H,12H2,1H3. The fourth-order valence-corrected chi connectivity index (χ4v) is 2.87. The van der Waals surface area contributed by atoms with E-state index in [1.54, 1.807) is 31.2 Å². The third-order valence-corrected chi connectivity index (χ3v) is 4.35. The first-order chi connectivity index (χ1) is 13.1. The zero-order valence-electron chi connectivity index (χ0n) is 14.5. The van der Waals surface area contributed by atoms with E-state index in [0.717, 1.165) is 16.5 Å². The predicted molar refractivity (Wildman–Crippen MR) is 103 cm³/mol. The maximum Gasteiger partial charge on any atom is 0.338 e. The van der Waals surface area contributed by atoms with E-state index in [0.29, 0.717) is 28.1 Å². The summed E-state index contributed by atoms with van der Waals surface area (Å²) in [7, 11) is 0. The van der Waals surface area contributed by atoms with Crippen LogP contribution in [-0.2, 0) is 11.3 Å². The van der Waals surface area contributed by atoms with Crippen LogP contribution in [0, 0.1) is 6.92 Å². The van der Waals surface area contributed by atoms with Gasteiger partial charge in [-0.15, -0.1) is 0 Å². The number of carbonyl (C=O) groups excluding carboxylic acids is 1. The molecule has 0 N–H and O–H groups in total. The number of ether oxygens (including phenoxy) is 1. The van der Waals surface area contributed by atoms with E-state index >= 15 is 0 Å². The Bertz CT molecular complexity index is 1120. The van der Waals surface area contributed by atoms with Gasteiger partial charge in [-0.3, -0.25) is 0 Å². The number of hydrogen-bond donors (Lipinski definition) is 0. The number of aryl methyl sites for hydroxylation is 1. The minimum atomic E-state index is -0.435. The average Bonchev–Trinajstić information content (AvgIpc) is 3.07. The number of carbonyl (C=O) groups is 1. The van der Waals surface area contributed by atoms with Crippen LogP contribution < -0.4 is 0 Å². The molecule has 134 valence electrons. The number of fused-ring (bicyclic) bond motifs is 1. The van der Waals surface area contributed by atoms with Crippen LogP contribution in [0.25, 0.3) is 22.4 Å². The van der Waals surface area contributed by atoms with Crippen LogP contribution in [0.3, 0.4) is 0 Å². The van der Waals surface area contributed by atoms with Crippen molar-refractivity contribution in [2.24, 2.45) is 0 Å². The highest BCUT2D eigenvalue weighted by Crippen LogP contribution is 2.22. The Hall–Kier alpha value is -3.18. The van der Waals surface area contributed by atoms with Crippen molar-refractivity contribution in [3.8, 4) is 11.5 Å². The number of rotatable bonds is 4. The second kappa shape index (κ2) is 7.21. The Morgan fingerprint density at radius 2 is 1.89 bits per heavy atom. The van der Waals surface area contributed by atoms with Gasteiger partial charge in [0.15, 0.2) is 0 Å². The molecule has 5 nitrogen and oxygen atoms in total. The van der Waals surface area contributed by atoms with Crippen molar-refractivity contribution in [2.75, 3.05) is 0 Å². The van der Waals surface area contributed by atoms with Gasteiger partial charge in [0.05, 0.1) is 11.1 Å². The van der Waals surface area contributed by atoms with Crippen molar-refractivity contribution >= 4 is 28.5 Å². The number of hydrogen-bond acceptors (Lipinski definition) is 5. The third kappa shape index (κ3) is 3.68. The van der Waals surface area contributed by atoms with E-state index in [1.165, 1.54) is 0 Å². The summed E-state index contributed by atoms with van der Waals surface area (Å²) >= 11 is 5.88. The molecule has 0 radical (unpaired) electrons. The lowest BCUT2D eigenvalue weighted by Crippen LogP contribution is -2.06. The zero-order chi connectivity index (χ0) is 18.8. The largest absolute Gasteiger partial charge is 0.455 e. The highest BCUT2D eigenvalue weighted by Gasteiger charge is 2.14. The molecule has 0 bridgehead atoms. The highest BCUT2D eigenvalue weighted by molar-refractivity contribution is 6.29. The van der Waals surface area contributed by atoms with E-state index < -0.39 is 5.97 Å². The van der Waals surface area contributed by atoms with Crippen LogP contribution in [0.15, 0.2) is 65.1 Å². The third-order valence-electron chi connectivity index (χ3n) is 4.14. The summed E-state index contributed by atoms with van der Waals surface area (Å²) in [5, 5.41) is 1.23. The van der Waals surface area contributed by atoms with Gasteiger partial charge in [-0.1, -0.05) is 29.8 Å². The zero-order valence-corrected chi connectivity index (χ0v) is 15.2. The van der Waals surface area contributed by atoms with Gasteiger partial charge in [0.1, 0.15) is 23.2 Å². The summed E-state index contributed by atoms with van der Waals surface area (Å²) in [4.78, 5) is 21.0. The van der Waals surface area contributed by atoms with Crippen LogP contribution in [-0.4, -0.2) is 15.9 Å². The van der Waals surface area contributed by atoms with E-state index in [-0.39, 0.29) is 6.61 Å². The van der Waals surface area contributed by atoms with Crippen LogP contribution in [0.4, 0.5) is 0 Å². The molecule has 0 saturated carbocycles. The number of aromatic nitrogens is 2. The highest BCUT2D eigenvalue weighted by atomic mass is 35.5. The normalized spacial score (nSPS) is 10.9. The Balaban J connectivity index is 1.49. The summed E-state index contributed by atoms with van der Waals surface area (Å²) in [5.74, 6) is 0.697. The number of halogens is 1. The molecule has 2 aromatic carbocycles. The number of nitrogens with zero attached hydrogens (tertiary/aromatic N) is 2. The van der Waals surface area contributed by atoms with Gasteiger partial charge in [-0.05, 0) is 49.4 Å². The fraction of sp³-hybridized carbons (Fsp3) is 0.0952. The first-order valence-corrected chi connectivity index (χ1v) is 8.73. The molecule has 0 aliphatic carbocycles. The molecular weight excluding hydrogens is 364 g/mol. The summed E-state index contributed by atoms with van der Waals surface area (Å²) in [6.07, 6.45) is 0. The summed E-state index contributed by atoms with van der Waals surface area (Å²) in [5.41, 5.74) is 2.63. The molecule has 0 aliphatic rings. The van der Waals surface area contributed by atoms with E-state index in [1.807, 2.05) is 36.4 Å². The van der Waals surface area contributed by atoms with Crippen molar-refractivity contribution in [1.82, 2.24) is 9.97 Å². The van der Waals surface area contributed by atoms with Gasteiger partial charge in [-0.25, -0.2) is 14.8 Å². The molecule has 27 heavy (non-hydrogen) atoms. The molecule has 0 amide bonds. The smallest absolute Gasteiger partial charge is 0.338 e. The Morgan fingerprint density at radius 1 is 1.07 bits per heavy atom. The Kier molecular flexibility index (Phi) is 4.60. The maximum absolute atomic E-state index is 12.4. The molecule has 0 aliphatic heterocycles. The number of benzene rings is 2. The lowest BCUT2D eigenvalue weighted by atomic mass is 10.1. The molecule has 4 aromatic rings. The lowest BCUT2D eigenvalue weighted by Gasteiger charge is -2.05. The first kappa shape index (κ1) is 17.2. The average molecular weight is 379 g/mol. The number of esters is 1. The van der Waals surface area contributed by atoms with Gasteiger partial charge in [0.25, 0.3) is 0 Å². The van der Waals surface area contributed by atoms with Crippen LogP contribution >= 0.6 is 11.6 Å². The quantitative estimate of drug-likeness (QED) is 0.360. The molecule has 0 atom stereocenters. The van der Waals surface area contributed by atoms with Gasteiger partial charge in [-0.2, -0.15) is 0 Å². The minimum Gasteiger partial charge on any atom is -0.455 e. The van der Waals surface area contributed by atoms with Crippen LogP contribution in [0.2, 0.25) is 5.15 Å². The number of pyridine rings is 1. The van der Waals surface area contributed by atoms with Gasteiger partial charge in [0.2, 0.25) is 5.89 Å². The molecule has 0 saturated heterocycles. The van der Waals surface area contributed by atoms with Crippen LogP contribution in [0.5, 0.6) is 0 Å². The fourth-order valence-electron chi connectivity index (χ4n) is 2.71. The maximum atomic E-state index is 12.4. The molecule has 2 aromatic heterocycles. The molecule has 4 rings (SSSR count). The van der Waals surface area contributed by atoms with E-state index in [4.69, 9.17) is 20.8 Å². The summed E-state index contributed by atoms with van der Waals surface area (Å²) < 4.78 is 11.1. The molecule has 6 heteroatoms. The van der Waals surface area contributed by atoms with Crippen molar-refractivity contribution in [1.29, 1.82) is 0 Å². The summed E-state index contributed by atoms with van der Waals surface area (Å²) in [6.45, 7) is 1.84. The second-order valence-corrected chi connectivity index (χ2v) is 6.39. The van der Waals surface area contributed by atoms with Crippen molar-refractivity contribution < 1.29 is 13.9 Å². The molecule has 2 heterocycles. The topological polar surface area (TPSA) is 65.2 Å². The molecule has 0 fully saturated rings. The minimum absolute atomic E-state index is 0.0396. The molecular formula is C21H15ClN2O3.